The summed E-state index contributed by atoms with van der Waals surface area (Å²) in [6.45, 7) is 6.04. The van der Waals surface area contributed by atoms with Crippen molar-refractivity contribution < 1.29 is 14.3 Å². The Labute approximate surface area is 123 Å². The van der Waals surface area contributed by atoms with E-state index in [1.165, 1.54) is 6.26 Å². The van der Waals surface area contributed by atoms with Gasteiger partial charge >= 0.3 is 0 Å². The van der Waals surface area contributed by atoms with Crippen LogP contribution in [0.5, 0.6) is 5.75 Å². The van der Waals surface area contributed by atoms with E-state index in [9.17, 15) is 9.90 Å². The summed E-state index contributed by atoms with van der Waals surface area (Å²) in [5.74, 6) is 0.207. The highest BCUT2D eigenvalue weighted by Crippen LogP contribution is 2.29. The van der Waals surface area contributed by atoms with Gasteiger partial charge in [0.2, 0.25) is 0 Å². The average molecular weight is 288 g/mol. The van der Waals surface area contributed by atoms with Crippen molar-refractivity contribution in [3.05, 3.63) is 29.5 Å². The van der Waals surface area contributed by atoms with Crippen molar-refractivity contribution in [2.45, 2.75) is 6.92 Å². The minimum atomic E-state index is 0.0447. The van der Waals surface area contributed by atoms with Gasteiger partial charge in [-0.3, -0.25) is 9.69 Å². The number of phenolic OH excluding ortho intramolecular Hbond substituents is 1. The molecule has 1 aliphatic heterocycles. The standard InChI is InChI=1S/C16H20N2O3/c1-11-7-12(19)8-13-14(10-21-16(11)13)15(20)9-18-5-3-17(2)4-6-18/h7-8,10,19H,3-6,9H2,1-2H3. The SMILES string of the molecule is Cc1cc(O)cc2c(C(=O)CN3CCN(C)CC3)coc12. The third-order valence-electron chi connectivity index (χ3n) is 4.11. The van der Waals surface area contributed by atoms with E-state index < -0.39 is 0 Å². The first-order chi connectivity index (χ1) is 10.0. The minimum absolute atomic E-state index is 0.0447. The zero-order valence-electron chi connectivity index (χ0n) is 12.4. The topological polar surface area (TPSA) is 56.9 Å². The van der Waals surface area contributed by atoms with Crippen LogP contribution in [-0.4, -0.2) is 60.5 Å². The van der Waals surface area contributed by atoms with Gasteiger partial charge in [-0.15, -0.1) is 0 Å². The van der Waals surface area contributed by atoms with Crippen LogP contribution in [0.1, 0.15) is 15.9 Å². The number of ketones is 1. The molecule has 0 aliphatic carbocycles. The van der Waals surface area contributed by atoms with Gasteiger partial charge in [-0.2, -0.15) is 0 Å². The van der Waals surface area contributed by atoms with Crippen molar-refractivity contribution in [2.24, 2.45) is 0 Å². The minimum Gasteiger partial charge on any atom is -0.508 e. The number of piperazine rings is 1. The summed E-state index contributed by atoms with van der Waals surface area (Å²) in [4.78, 5) is 16.9. The second kappa shape index (κ2) is 5.50. The molecule has 0 amide bonds. The highest BCUT2D eigenvalue weighted by molar-refractivity contribution is 6.08. The number of phenols is 1. The Bertz CT molecular complexity index is 669. The van der Waals surface area contributed by atoms with Crippen LogP contribution in [0.4, 0.5) is 0 Å². The number of hydrogen-bond acceptors (Lipinski definition) is 5. The molecule has 0 saturated carbocycles. The highest BCUT2D eigenvalue weighted by Gasteiger charge is 2.21. The fourth-order valence-electron chi connectivity index (χ4n) is 2.80. The number of rotatable bonds is 3. The lowest BCUT2D eigenvalue weighted by Gasteiger charge is -2.31. The number of Topliss-reactive ketones (excluding diaryl/α,β-unsaturated/α-hetero) is 1. The summed E-state index contributed by atoms with van der Waals surface area (Å²) >= 11 is 0. The number of likely N-dealkylation sites (N-methyl/N-ethyl adjacent to an activating group) is 1. The average Bonchev–Trinajstić information content (AvgIpc) is 2.85. The van der Waals surface area contributed by atoms with Crippen molar-refractivity contribution in [3.63, 3.8) is 0 Å². The maximum Gasteiger partial charge on any atom is 0.180 e. The molecule has 1 fully saturated rings. The molecular formula is C16H20N2O3. The Kier molecular flexibility index (Phi) is 3.69. The lowest BCUT2D eigenvalue weighted by molar-refractivity contribution is 0.0877. The molecule has 21 heavy (non-hydrogen) atoms. The van der Waals surface area contributed by atoms with Gasteiger partial charge in [0.15, 0.2) is 5.78 Å². The number of aryl methyl sites for hydroxylation is 1. The van der Waals surface area contributed by atoms with E-state index in [1.807, 2.05) is 6.92 Å². The molecule has 0 unspecified atom stereocenters. The van der Waals surface area contributed by atoms with Crippen molar-refractivity contribution in [1.82, 2.24) is 9.80 Å². The van der Waals surface area contributed by atoms with Gasteiger partial charge in [-0.25, -0.2) is 0 Å². The summed E-state index contributed by atoms with van der Waals surface area (Å²) in [6, 6.07) is 3.24. The fraction of sp³-hybridized carbons (Fsp3) is 0.438. The van der Waals surface area contributed by atoms with Crippen molar-refractivity contribution in [3.8, 4) is 5.75 Å². The highest BCUT2D eigenvalue weighted by atomic mass is 16.3. The smallest absolute Gasteiger partial charge is 0.180 e. The van der Waals surface area contributed by atoms with Gasteiger partial charge in [0.25, 0.3) is 0 Å². The second-order valence-corrected chi connectivity index (χ2v) is 5.79. The van der Waals surface area contributed by atoms with E-state index in [4.69, 9.17) is 4.42 Å². The molecule has 1 aromatic heterocycles. The Hall–Kier alpha value is -1.85. The quantitative estimate of drug-likeness (QED) is 0.874. The molecule has 0 radical (unpaired) electrons. The van der Waals surface area contributed by atoms with Crippen molar-refractivity contribution in [2.75, 3.05) is 39.8 Å². The predicted molar refractivity (Wildman–Crippen MR) is 80.9 cm³/mol. The summed E-state index contributed by atoms with van der Waals surface area (Å²) in [5, 5.41) is 10.4. The Morgan fingerprint density at radius 3 is 2.71 bits per heavy atom. The maximum absolute atomic E-state index is 12.5. The number of fused-ring (bicyclic) bond motifs is 1. The van der Waals surface area contributed by atoms with Gasteiger partial charge in [-0.1, -0.05) is 0 Å². The number of aromatic hydroxyl groups is 1. The molecule has 2 heterocycles. The molecule has 5 nitrogen and oxygen atoms in total. The molecule has 1 saturated heterocycles. The van der Waals surface area contributed by atoms with Crippen LogP contribution in [0, 0.1) is 6.92 Å². The van der Waals surface area contributed by atoms with Gasteiger partial charge in [0, 0.05) is 31.6 Å². The van der Waals surface area contributed by atoms with Crippen molar-refractivity contribution >= 4 is 16.8 Å². The third-order valence-corrected chi connectivity index (χ3v) is 4.11. The first-order valence-corrected chi connectivity index (χ1v) is 7.19. The van der Waals surface area contributed by atoms with E-state index in [0.717, 1.165) is 31.7 Å². The van der Waals surface area contributed by atoms with Crippen LogP contribution in [0.2, 0.25) is 0 Å². The normalized spacial score (nSPS) is 17.4. The Balaban J connectivity index is 1.82. The monoisotopic (exact) mass is 288 g/mol. The van der Waals surface area contributed by atoms with Gasteiger partial charge < -0.3 is 14.4 Å². The van der Waals surface area contributed by atoms with E-state index in [2.05, 4.69) is 16.8 Å². The summed E-state index contributed by atoms with van der Waals surface area (Å²) in [5.41, 5.74) is 2.07. The molecule has 3 rings (SSSR count). The number of carbonyl (C=O) groups excluding carboxylic acids is 1. The molecule has 0 bridgehead atoms. The van der Waals surface area contributed by atoms with E-state index in [1.54, 1.807) is 12.1 Å². The largest absolute Gasteiger partial charge is 0.508 e. The molecule has 5 heteroatoms. The molecule has 0 atom stereocenters. The number of nitrogens with zero attached hydrogens (tertiary/aromatic N) is 2. The zero-order chi connectivity index (χ0) is 15.0. The van der Waals surface area contributed by atoms with Gasteiger partial charge in [0.1, 0.15) is 17.6 Å². The van der Waals surface area contributed by atoms with E-state index in [0.29, 0.717) is 23.1 Å². The molecule has 1 N–H and O–H groups in total. The zero-order valence-corrected chi connectivity index (χ0v) is 12.4. The van der Waals surface area contributed by atoms with E-state index in [-0.39, 0.29) is 11.5 Å². The van der Waals surface area contributed by atoms with Crippen molar-refractivity contribution in [1.29, 1.82) is 0 Å². The van der Waals surface area contributed by atoms with Gasteiger partial charge in [-0.05, 0) is 31.7 Å². The predicted octanol–water partition coefficient (Wildman–Crippen LogP) is 1.88. The molecule has 112 valence electrons. The molecular weight excluding hydrogens is 268 g/mol. The van der Waals surface area contributed by atoms with E-state index >= 15 is 0 Å². The Morgan fingerprint density at radius 1 is 1.29 bits per heavy atom. The molecule has 0 spiro atoms. The number of furan rings is 1. The molecule has 2 aromatic rings. The van der Waals surface area contributed by atoms with Crippen LogP contribution < -0.4 is 0 Å². The Morgan fingerprint density at radius 2 is 2.00 bits per heavy atom. The summed E-state index contributed by atoms with van der Waals surface area (Å²) in [7, 11) is 2.09. The summed E-state index contributed by atoms with van der Waals surface area (Å²) in [6.07, 6.45) is 1.51. The van der Waals surface area contributed by atoms with Crippen LogP contribution in [0.15, 0.2) is 22.8 Å². The number of benzene rings is 1. The maximum atomic E-state index is 12.5. The lowest BCUT2D eigenvalue weighted by atomic mass is 10.1. The molecule has 1 aromatic carbocycles. The number of carbonyl (C=O) groups is 1. The second-order valence-electron chi connectivity index (χ2n) is 5.79. The third kappa shape index (κ3) is 2.80. The summed E-state index contributed by atoms with van der Waals surface area (Å²) < 4.78 is 5.50. The van der Waals surface area contributed by atoms with Crippen LogP contribution in [-0.2, 0) is 0 Å². The first kappa shape index (κ1) is 14.1. The van der Waals surface area contributed by atoms with Crippen LogP contribution in [0.3, 0.4) is 0 Å². The first-order valence-electron chi connectivity index (χ1n) is 7.19. The molecule has 1 aliphatic rings. The fourth-order valence-corrected chi connectivity index (χ4v) is 2.80. The van der Waals surface area contributed by atoms with Crippen LogP contribution >= 0.6 is 0 Å². The van der Waals surface area contributed by atoms with Crippen LogP contribution in [0.25, 0.3) is 11.0 Å². The lowest BCUT2D eigenvalue weighted by Crippen LogP contribution is -2.46. The number of hydrogen-bond donors (Lipinski definition) is 1. The van der Waals surface area contributed by atoms with Gasteiger partial charge in [0.05, 0.1) is 12.1 Å².